The van der Waals surface area contributed by atoms with Crippen LogP contribution < -0.4 is 9.47 Å². The maximum atomic E-state index is 5.99. The Morgan fingerprint density at radius 3 is 1.46 bits per heavy atom. The molecule has 0 saturated carbocycles. The van der Waals surface area contributed by atoms with E-state index >= 15 is 0 Å². The number of fused-ring (bicyclic) bond motifs is 3. The molecule has 0 aliphatic heterocycles. The Balaban J connectivity index is 2.01. The summed E-state index contributed by atoms with van der Waals surface area (Å²) >= 11 is 0. The highest BCUT2D eigenvalue weighted by Gasteiger charge is 2.08. The largest absolute Gasteiger partial charge is 0.493 e. The second kappa shape index (κ2) is 8.05. The van der Waals surface area contributed by atoms with Crippen LogP contribution in [0.3, 0.4) is 0 Å². The average Bonchev–Trinajstić information content (AvgIpc) is 2.62. The van der Waals surface area contributed by atoms with Crippen molar-refractivity contribution in [1.82, 2.24) is 0 Å². The highest BCUT2D eigenvalue weighted by atomic mass is 16.5. The van der Waals surface area contributed by atoms with Crippen molar-refractivity contribution in [3.05, 3.63) is 48.5 Å². The fraction of sp³-hybridized carbons (Fsp3) is 0.364. The molecule has 0 radical (unpaired) electrons. The highest BCUT2D eigenvalue weighted by molar-refractivity contribution is 6.11. The molecule has 0 spiro atoms. The van der Waals surface area contributed by atoms with Crippen molar-refractivity contribution in [1.29, 1.82) is 0 Å². The molecule has 126 valence electrons. The van der Waals surface area contributed by atoms with Crippen LogP contribution in [0.5, 0.6) is 11.5 Å². The minimum absolute atomic E-state index is 0.772. The second-order valence-corrected chi connectivity index (χ2v) is 6.17. The molecule has 0 heterocycles. The summed E-state index contributed by atoms with van der Waals surface area (Å²) in [5, 5.41) is 4.79. The van der Waals surface area contributed by atoms with E-state index in [0.717, 1.165) is 50.4 Å². The van der Waals surface area contributed by atoms with Crippen LogP contribution in [0.25, 0.3) is 21.5 Å². The number of hydrogen-bond donors (Lipinski definition) is 0. The number of unbranched alkanes of at least 4 members (excludes halogenated alkanes) is 2. The zero-order valence-electron chi connectivity index (χ0n) is 14.7. The van der Waals surface area contributed by atoms with Gasteiger partial charge in [-0.1, -0.05) is 51.0 Å². The lowest BCUT2D eigenvalue weighted by atomic mass is 10.0. The van der Waals surface area contributed by atoms with Crippen LogP contribution in [-0.4, -0.2) is 13.2 Å². The standard InChI is InChI=1S/C22H26O2/c1-3-5-15-23-21-11-7-9-17-18-10-8-12-22(24-16-6-4-2)20(18)14-13-19(17)21/h7-14H,3-6,15-16H2,1-2H3. The van der Waals surface area contributed by atoms with E-state index in [1.54, 1.807) is 0 Å². The number of rotatable bonds is 8. The van der Waals surface area contributed by atoms with Crippen molar-refractivity contribution in [2.24, 2.45) is 0 Å². The van der Waals surface area contributed by atoms with Crippen molar-refractivity contribution in [3.8, 4) is 11.5 Å². The fourth-order valence-corrected chi connectivity index (χ4v) is 2.97. The smallest absolute Gasteiger partial charge is 0.127 e. The van der Waals surface area contributed by atoms with Crippen molar-refractivity contribution in [2.75, 3.05) is 13.2 Å². The van der Waals surface area contributed by atoms with Crippen molar-refractivity contribution in [2.45, 2.75) is 39.5 Å². The summed E-state index contributed by atoms with van der Waals surface area (Å²) in [6.07, 6.45) is 4.46. The van der Waals surface area contributed by atoms with E-state index in [4.69, 9.17) is 9.47 Å². The minimum Gasteiger partial charge on any atom is -0.493 e. The molecule has 0 aromatic heterocycles. The van der Waals surface area contributed by atoms with Crippen LogP contribution in [0.1, 0.15) is 39.5 Å². The van der Waals surface area contributed by atoms with Crippen molar-refractivity contribution >= 4 is 21.5 Å². The lowest BCUT2D eigenvalue weighted by Crippen LogP contribution is -1.98. The molecule has 0 amide bonds. The molecule has 0 aliphatic carbocycles. The maximum Gasteiger partial charge on any atom is 0.127 e. The van der Waals surface area contributed by atoms with Crippen LogP contribution in [-0.2, 0) is 0 Å². The Morgan fingerprint density at radius 2 is 1.04 bits per heavy atom. The van der Waals surface area contributed by atoms with Gasteiger partial charge in [-0.15, -0.1) is 0 Å². The van der Waals surface area contributed by atoms with E-state index in [0.29, 0.717) is 0 Å². The van der Waals surface area contributed by atoms with Gasteiger partial charge in [0, 0.05) is 10.8 Å². The molecule has 2 nitrogen and oxygen atoms in total. The molecule has 0 bridgehead atoms. The molecule has 0 unspecified atom stereocenters. The Kier molecular flexibility index (Phi) is 5.58. The van der Waals surface area contributed by atoms with E-state index in [1.807, 2.05) is 0 Å². The summed E-state index contributed by atoms with van der Waals surface area (Å²) in [5.74, 6) is 1.94. The second-order valence-electron chi connectivity index (χ2n) is 6.17. The molecule has 0 fully saturated rings. The van der Waals surface area contributed by atoms with Gasteiger partial charge in [0.2, 0.25) is 0 Å². The lowest BCUT2D eigenvalue weighted by molar-refractivity contribution is 0.312. The summed E-state index contributed by atoms with van der Waals surface area (Å²) in [7, 11) is 0. The first-order valence-electron chi connectivity index (χ1n) is 9.05. The fourth-order valence-electron chi connectivity index (χ4n) is 2.97. The molecule has 0 saturated heterocycles. The topological polar surface area (TPSA) is 18.5 Å². The summed E-state index contributed by atoms with van der Waals surface area (Å²) in [6, 6.07) is 16.9. The Hall–Kier alpha value is -2.22. The third-order valence-corrected chi connectivity index (χ3v) is 4.35. The van der Waals surface area contributed by atoms with Gasteiger partial charge >= 0.3 is 0 Å². The van der Waals surface area contributed by atoms with Gasteiger partial charge in [-0.2, -0.15) is 0 Å². The first kappa shape index (κ1) is 16.6. The molecule has 3 aromatic carbocycles. The maximum absolute atomic E-state index is 5.99. The molecule has 0 atom stereocenters. The van der Waals surface area contributed by atoms with Gasteiger partial charge in [0.05, 0.1) is 13.2 Å². The van der Waals surface area contributed by atoms with Crippen LogP contribution in [0.4, 0.5) is 0 Å². The molecule has 3 rings (SSSR count). The van der Waals surface area contributed by atoms with Crippen molar-refractivity contribution in [3.63, 3.8) is 0 Å². The highest BCUT2D eigenvalue weighted by Crippen LogP contribution is 2.35. The monoisotopic (exact) mass is 322 g/mol. The van der Waals surface area contributed by atoms with Crippen LogP contribution in [0.15, 0.2) is 48.5 Å². The zero-order valence-corrected chi connectivity index (χ0v) is 14.7. The van der Waals surface area contributed by atoms with E-state index in [1.165, 1.54) is 21.5 Å². The third-order valence-electron chi connectivity index (χ3n) is 4.35. The van der Waals surface area contributed by atoms with Gasteiger partial charge in [-0.05, 0) is 47.9 Å². The Labute approximate surface area is 144 Å². The van der Waals surface area contributed by atoms with Crippen LogP contribution in [0.2, 0.25) is 0 Å². The molecule has 0 aliphatic rings. The molecule has 2 heteroatoms. The number of ether oxygens (including phenoxy) is 2. The Bertz CT molecular complexity index is 739. The van der Waals surface area contributed by atoms with E-state index < -0.39 is 0 Å². The van der Waals surface area contributed by atoms with Crippen LogP contribution >= 0.6 is 0 Å². The van der Waals surface area contributed by atoms with Gasteiger partial charge in [0.15, 0.2) is 0 Å². The molecular weight excluding hydrogens is 296 g/mol. The van der Waals surface area contributed by atoms with E-state index in [9.17, 15) is 0 Å². The lowest BCUT2D eigenvalue weighted by Gasteiger charge is -2.13. The predicted octanol–water partition coefficient (Wildman–Crippen LogP) is 6.35. The SMILES string of the molecule is CCCCOc1cccc2c1ccc1c(OCCCC)cccc12. The predicted molar refractivity (Wildman–Crippen MR) is 102 cm³/mol. The van der Waals surface area contributed by atoms with Gasteiger partial charge in [0.1, 0.15) is 11.5 Å². The first-order valence-corrected chi connectivity index (χ1v) is 9.05. The Morgan fingerprint density at radius 1 is 0.583 bits per heavy atom. The zero-order chi connectivity index (χ0) is 16.8. The molecule has 0 N–H and O–H groups in total. The summed E-state index contributed by atoms with van der Waals surface area (Å²) in [4.78, 5) is 0. The quantitative estimate of drug-likeness (QED) is 0.355. The number of benzene rings is 3. The van der Waals surface area contributed by atoms with Crippen molar-refractivity contribution < 1.29 is 9.47 Å². The van der Waals surface area contributed by atoms with Gasteiger partial charge in [-0.25, -0.2) is 0 Å². The normalized spacial score (nSPS) is 11.1. The minimum atomic E-state index is 0.772. The van der Waals surface area contributed by atoms with Gasteiger partial charge in [-0.3, -0.25) is 0 Å². The summed E-state index contributed by atoms with van der Waals surface area (Å²) in [6.45, 7) is 5.90. The van der Waals surface area contributed by atoms with Gasteiger partial charge in [0.25, 0.3) is 0 Å². The summed E-state index contributed by atoms with van der Waals surface area (Å²) < 4.78 is 12.0. The summed E-state index contributed by atoms with van der Waals surface area (Å²) in [5.41, 5.74) is 0. The van der Waals surface area contributed by atoms with Gasteiger partial charge < -0.3 is 9.47 Å². The van der Waals surface area contributed by atoms with E-state index in [2.05, 4.69) is 62.4 Å². The average molecular weight is 322 g/mol. The molecule has 3 aromatic rings. The molecular formula is C22H26O2. The third kappa shape index (κ3) is 3.48. The number of hydrogen-bond acceptors (Lipinski definition) is 2. The first-order chi connectivity index (χ1) is 11.8. The van der Waals surface area contributed by atoms with E-state index in [-0.39, 0.29) is 0 Å². The molecule has 24 heavy (non-hydrogen) atoms. The van der Waals surface area contributed by atoms with Crippen LogP contribution in [0, 0.1) is 0 Å².